The summed E-state index contributed by atoms with van der Waals surface area (Å²) in [7, 11) is 0. The number of anilines is 1. The maximum absolute atomic E-state index is 13.8. The molecule has 3 rings (SSSR count). The molecule has 2 unspecified atom stereocenters. The highest BCUT2D eigenvalue weighted by atomic mass is 19.1. The lowest BCUT2D eigenvalue weighted by atomic mass is 9.92. The van der Waals surface area contributed by atoms with Gasteiger partial charge in [-0.1, -0.05) is 25.1 Å². The van der Waals surface area contributed by atoms with E-state index in [1.807, 2.05) is 31.2 Å². The molecule has 2 aromatic carbocycles. The van der Waals surface area contributed by atoms with Crippen molar-refractivity contribution in [3.63, 3.8) is 0 Å². The first-order valence-corrected chi connectivity index (χ1v) is 6.58. The van der Waals surface area contributed by atoms with Gasteiger partial charge in [0.05, 0.1) is 18.3 Å². The number of rotatable bonds is 2. The summed E-state index contributed by atoms with van der Waals surface area (Å²) in [5, 5.41) is 3.16. The van der Waals surface area contributed by atoms with Crippen LogP contribution >= 0.6 is 0 Å². The molecule has 20 heavy (non-hydrogen) atoms. The molecule has 0 radical (unpaired) electrons. The third-order valence-corrected chi connectivity index (χ3v) is 3.57. The van der Waals surface area contributed by atoms with Crippen LogP contribution in [0.4, 0.5) is 14.5 Å². The third kappa shape index (κ3) is 2.33. The van der Waals surface area contributed by atoms with Crippen LogP contribution in [0, 0.1) is 17.6 Å². The number of benzene rings is 2. The molecular weight excluding hydrogens is 260 g/mol. The molecule has 0 fully saturated rings. The Labute approximate surface area is 116 Å². The summed E-state index contributed by atoms with van der Waals surface area (Å²) in [5.74, 6) is -0.158. The van der Waals surface area contributed by atoms with Crippen molar-refractivity contribution in [1.29, 1.82) is 0 Å². The average molecular weight is 275 g/mol. The van der Waals surface area contributed by atoms with E-state index in [9.17, 15) is 8.78 Å². The number of hydrogen-bond acceptors (Lipinski definition) is 2. The van der Waals surface area contributed by atoms with Gasteiger partial charge in [0.25, 0.3) is 0 Å². The summed E-state index contributed by atoms with van der Waals surface area (Å²) < 4.78 is 32.4. The van der Waals surface area contributed by atoms with Crippen molar-refractivity contribution < 1.29 is 13.5 Å². The molecule has 2 nitrogen and oxygen atoms in total. The van der Waals surface area contributed by atoms with Crippen molar-refractivity contribution in [2.45, 2.75) is 13.0 Å². The van der Waals surface area contributed by atoms with E-state index in [1.165, 1.54) is 12.1 Å². The Balaban J connectivity index is 1.93. The second-order valence-corrected chi connectivity index (χ2v) is 5.07. The van der Waals surface area contributed by atoms with E-state index in [1.54, 1.807) is 0 Å². The van der Waals surface area contributed by atoms with Gasteiger partial charge >= 0.3 is 0 Å². The number of nitrogens with one attached hydrogen (secondary N) is 1. The Morgan fingerprint density at radius 3 is 2.75 bits per heavy atom. The predicted molar refractivity (Wildman–Crippen MR) is 73.8 cm³/mol. The SMILES string of the molecule is CC1COc2ccccc2C1Nc1ccc(F)cc1F. The van der Waals surface area contributed by atoms with E-state index >= 15 is 0 Å². The minimum atomic E-state index is -0.582. The standard InChI is InChI=1S/C16H15F2NO/c1-10-9-20-15-5-3-2-4-12(15)16(10)19-14-7-6-11(17)8-13(14)18/h2-8,10,16,19H,9H2,1H3. The molecule has 2 aromatic rings. The number of fused-ring (bicyclic) bond motifs is 1. The van der Waals surface area contributed by atoms with Gasteiger partial charge < -0.3 is 10.1 Å². The summed E-state index contributed by atoms with van der Waals surface area (Å²) >= 11 is 0. The Bertz CT molecular complexity index is 630. The van der Waals surface area contributed by atoms with E-state index < -0.39 is 11.6 Å². The first-order valence-electron chi connectivity index (χ1n) is 6.58. The summed E-state index contributed by atoms with van der Waals surface area (Å²) in [6.45, 7) is 2.60. The summed E-state index contributed by atoms with van der Waals surface area (Å²) in [6.07, 6.45) is 0. The molecule has 104 valence electrons. The lowest BCUT2D eigenvalue weighted by Crippen LogP contribution is -2.29. The molecule has 0 saturated heterocycles. The summed E-state index contributed by atoms with van der Waals surface area (Å²) in [5.41, 5.74) is 1.30. The maximum Gasteiger partial charge on any atom is 0.149 e. The fourth-order valence-electron chi connectivity index (χ4n) is 2.49. The van der Waals surface area contributed by atoms with Crippen LogP contribution in [0.5, 0.6) is 5.75 Å². The molecule has 1 aliphatic rings. The van der Waals surface area contributed by atoms with Crippen LogP contribution in [0.2, 0.25) is 0 Å². The fraction of sp³-hybridized carbons (Fsp3) is 0.250. The van der Waals surface area contributed by atoms with E-state index in [0.29, 0.717) is 12.3 Å². The van der Waals surface area contributed by atoms with Crippen LogP contribution in [-0.4, -0.2) is 6.61 Å². The van der Waals surface area contributed by atoms with Crippen molar-refractivity contribution >= 4 is 5.69 Å². The highest BCUT2D eigenvalue weighted by Gasteiger charge is 2.28. The van der Waals surface area contributed by atoms with Gasteiger partial charge in [0.15, 0.2) is 0 Å². The van der Waals surface area contributed by atoms with Gasteiger partial charge in [0, 0.05) is 17.5 Å². The topological polar surface area (TPSA) is 21.3 Å². The molecule has 2 atom stereocenters. The highest BCUT2D eigenvalue weighted by Crippen LogP contribution is 2.37. The van der Waals surface area contributed by atoms with Crippen LogP contribution < -0.4 is 10.1 Å². The van der Waals surface area contributed by atoms with Crippen LogP contribution in [0.3, 0.4) is 0 Å². The molecule has 0 saturated carbocycles. The number of ether oxygens (including phenoxy) is 1. The number of para-hydroxylation sites is 1. The zero-order chi connectivity index (χ0) is 14.1. The van der Waals surface area contributed by atoms with Crippen LogP contribution in [0.25, 0.3) is 0 Å². The second kappa shape index (κ2) is 5.12. The normalized spacial score (nSPS) is 20.9. The molecule has 1 N–H and O–H groups in total. The lowest BCUT2D eigenvalue weighted by molar-refractivity contribution is 0.214. The van der Waals surface area contributed by atoms with Gasteiger partial charge in [-0.2, -0.15) is 0 Å². The smallest absolute Gasteiger partial charge is 0.149 e. The van der Waals surface area contributed by atoms with Gasteiger partial charge in [-0.3, -0.25) is 0 Å². The highest BCUT2D eigenvalue weighted by molar-refractivity contribution is 5.50. The van der Waals surface area contributed by atoms with Crippen LogP contribution in [0.15, 0.2) is 42.5 Å². The predicted octanol–water partition coefficient (Wildman–Crippen LogP) is 4.15. The summed E-state index contributed by atoms with van der Waals surface area (Å²) in [4.78, 5) is 0. The zero-order valence-electron chi connectivity index (χ0n) is 11.1. The molecular formula is C16H15F2NO. The van der Waals surface area contributed by atoms with Gasteiger partial charge in [0.1, 0.15) is 17.4 Å². The molecule has 0 aromatic heterocycles. The monoisotopic (exact) mass is 275 g/mol. The van der Waals surface area contributed by atoms with Gasteiger partial charge in [0.2, 0.25) is 0 Å². The Hall–Kier alpha value is -2.10. The quantitative estimate of drug-likeness (QED) is 0.889. The fourth-order valence-corrected chi connectivity index (χ4v) is 2.49. The third-order valence-electron chi connectivity index (χ3n) is 3.57. The Morgan fingerprint density at radius 2 is 1.95 bits per heavy atom. The number of halogens is 2. The molecule has 1 aliphatic heterocycles. The van der Waals surface area contributed by atoms with Crippen molar-refractivity contribution in [2.24, 2.45) is 5.92 Å². The van der Waals surface area contributed by atoms with Crippen molar-refractivity contribution in [2.75, 3.05) is 11.9 Å². The van der Waals surface area contributed by atoms with Gasteiger partial charge in [-0.25, -0.2) is 8.78 Å². The molecule has 0 bridgehead atoms. The first kappa shape index (κ1) is 12.9. The molecule has 4 heteroatoms. The first-order chi connectivity index (χ1) is 9.65. The van der Waals surface area contributed by atoms with Crippen molar-refractivity contribution in [3.8, 4) is 5.75 Å². The van der Waals surface area contributed by atoms with Crippen LogP contribution in [-0.2, 0) is 0 Å². The van der Waals surface area contributed by atoms with Crippen molar-refractivity contribution in [3.05, 3.63) is 59.7 Å². The maximum atomic E-state index is 13.8. The van der Waals surface area contributed by atoms with E-state index in [4.69, 9.17) is 4.74 Å². The number of hydrogen-bond donors (Lipinski definition) is 1. The van der Waals surface area contributed by atoms with Crippen molar-refractivity contribution in [1.82, 2.24) is 0 Å². The zero-order valence-corrected chi connectivity index (χ0v) is 11.1. The van der Waals surface area contributed by atoms with E-state index in [0.717, 1.165) is 17.4 Å². The average Bonchev–Trinajstić information content (AvgIpc) is 2.44. The molecule has 0 amide bonds. The lowest BCUT2D eigenvalue weighted by Gasteiger charge is -2.32. The van der Waals surface area contributed by atoms with E-state index in [-0.39, 0.29) is 12.0 Å². The Kier molecular flexibility index (Phi) is 3.30. The van der Waals surface area contributed by atoms with Gasteiger partial charge in [-0.05, 0) is 18.2 Å². The summed E-state index contributed by atoms with van der Waals surface area (Å²) in [6, 6.07) is 11.2. The Morgan fingerprint density at radius 1 is 1.15 bits per heavy atom. The molecule has 1 heterocycles. The van der Waals surface area contributed by atoms with E-state index in [2.05, 4.69) is 5.32 Å². The molecule has 0 aliphatic carbocycles. The largest absolute Gasteiger partial charge is 0.493 e. The molecule has 0 spiro atoms. The van der Waals surface area contributed by atoms with Gasteiger partial charge in [-0.15, -0.1) is 0 Å². The minimum Gasteiger partial charge on any atom is -0.493 e. The second-order valence-electron chi connectivity index (χ2n) is 5.07. The van der Waals surface area contributed by atoms with Crippen LogP contribution in [0.1, 0.15) is 18.5 Å². The minimum absolute atomic E-state index is 0.0556.